The fourth-order valence-corrected chi connectivity index (χ4v) is 2.46. The van der Waals surface area contributed by atoms with Crippen LogP contribution in [0.3, 0.4) is 0 Å². The summed E-state index contributed by atoms with van der Waals surface area (Å²) in [6.07, 6.45) is 0. The molecule has 0 aliphatic rings. The summed E-state index contributed by atoms with van der Waals surface area (Å²) in [6.45, 7) is 4.12. The number of hydrogen-bond acceptors (Lipinski definition) is 5. The number of aromatic nitrogens is 2. The predicted octanol–water partition coefficient (Wildman–Crippen LogP) is 3.51. The Kier molecular flexibility index (Phi) is 5.12. The normalized spacial score (nSPS) is 10.4. The average Bonchev–Trinajstić information content (AvgIpc) is 2.61. The molecule has 0 aliphatic heterocycles. The Morgan fingerprint density at radius 3 is 2.35 bits per heavy atom. The first kappa shape index (κ1) is 17.4. The highest BCUT2D eigenvalue weighted by atomic mass is 16.5. The third kappa shape index (κ3) is 4.36. The minimum absolute atomic E-state index is 0.215. The Morgan fingerprint density at radius 1 is 1.04 bits per heavy atom. The molecule has 0 saturated heterocycles. The van der Waals surface area contributed by atoms with Gasteiger partial charge in [0.15, 0.2) is 0 Å². The summed E-state index contributed by atoms with van der Waals surface area (Å²) in [5, 5.41) is 2.80. The fraction of sp³-hybridized carbons (Fsp3) is 0.150. The summed E-state index contributed by atoms with van der Waals surface area (Å²) in [4.78, 5) is 20.8. The van der Waals surface area contributed by atoms with Gasteiger partial charge in [-0.15, -0.1) is 0 Å². The molecule has 1 heterocycles. The minimum atomic E-state index is -0.215. The van der Waals surface area contributed by atoms with Crippen molar-refractivity contribution in [3.63, 3.8) is 0 Å². The zero-order valence-corrected chi connectivity index (χ0v) is 14.7. The number of carbonyl (C=O) groups is 1. The fourth-order valence-electron chi connectivity index (χ4n) is 2.46. The van der Waals surface area contributed by atoms with Crippen LogP contribution in [-0.2, 0) is 6.61 Å². The molecule has 0 unspecified atom stereocenters. The second-order valence-electron chi connectivity index (χ2n) is 5.96. The first-order valence-electron chi connectivity index (χ1n) is 8.21. The molecule has 0 atom stereocenters. The smallest absolute Gasteiger partial charge is 0.317 e. The van der Waals surface area contributed by atoms with Gasteiger partial charge in [-0.2, -0.15) is 0 Å². The molecule has 6 nitrogen and oxygen atoms in total. The van der Waals surface area contributed by atoms with E-state index in [1.54, 1.807) is 24.3 Å². The Hall–Kier alpha value is -3.41. The van der Waals surface area contributed by atoms with Crippen molar-refractivity contribution < 1.29 is 9.53 Å². The van der Waals surface area contributed by atoms with E-state index in [-0.39, 0.29) is 5.91 Å². The van der Waals surface area contributed by atoms with Crippen molar-refractivity contribution in [2.24, 2.45) is 0 Å². The molecule has 0 fully saturated rings. The lowest BCUT2D eigenvalue weighted by Crippen LogP contribution is -2.13. The van der Waals surface area contributed by atoms with Gasteiger partial charge in [-0.1, -0.05) is 24.3 Å². The van der Waals surface area contributed by atoms with E-state index in [4.69, 9.17) is 10.5 Å². The number of nitrogens with two attached hydrogens (primary N) is 1. The maximum absolute atomic E-state index is 12.3. The lowest BCUT2D eigenvalue weighted by molar-refractivity contribution is 0.102. The molecule has 132 valence electrons. The molecule has 3 aromatic rings. The maximum atomic E-state index is 12.3. The molecule has 3 rings (SSSR count). The molecule has 0 aliphatic carbocycles. The van der Waals surface area contributed by atoms with E-state index in [0.717, 1.165) is 17.0 Å². The first-order chi connectivity index (χ1) is 12.5. The predicted molar refractivity (Wildman–Crippen MR) is 101 cm³/mol. The van der Waals surface area contributed by atoms with Gasteiger partial charge in [0.05, 0.1) is 11.4 Å². The average molecular weight is 348 g/mol. The van der Waals surface area contributed by atoms with Crippen molar-refractivity contribution in [3.05, 3.63) is 77.1 Å². The second kappa shape index (κ2) is 7.65. The molecule has 3 N–H and O–H groups in total. The SMILES string of the molecule is Cc1cc(C)nc(OCc2ccc(C(=O)Nc3ccccc3N)cc2)n1. The minimum Gasteiger partial charge on any atom is -0.459 e. The van der Waals surface area contributed by atoms with E-state index in [9.17, 15) is 4.79 Å². The number of hydrogen-bond donors (Lipinski definition) is 2. The van der Waals surface area contributed by atoms with E-state index < -0.39 is 0 Å². The Bertz CT molecular complexity index is 903. The van der Waals surface area contributed by atoms with Crippen LogP contribution in [0, 0.1) is 13.8 Å². The monoisotopic (exact) mass is 348 g/mol. The summed E-state index contributed by atoms with van der Waals surface area (Å²) >= 11 is 0. The topological polar surface area (TPSA) is 90.1 Å². The summed E-state index contributed by atoms with van der Waals surface area (Å²) < 4.78 is 5.63. The van der Waals surface area contributed by atoms with Crippen LogP contribution < -0.4 is 15.8 Å². The van der Waals surface area contributed by atoms with Crippen LogP contribution >= 0.6 is 0 Å². The Morgan fingerprint density at radius 2 is 1.69 bits per heavy atom. The largest absolute Gasteiger partial charge is 0.459 e. The Balaban J connectivity index is 1.62. The van der Waals surface area contributed by atoms with Gasteiger partial charge in [-0.3, -0.25) is 4.79 Å². The van der Waals surface area contributed by atoms with Gasteiger partial charge in [-0.25, -0.2) is 9.97 Å². The molecule has 0 radical (unpaired) electrons. The molecule has 26 heavy (non-hydrogen) atoms. The number of benzene rings is 2. The van der Waals surface area contributed by atoms with Gasteiger partial charge < -0.3 is 15.8 Å². The Labute approximate surface area is 152 Å². The van der Waals surface area contributed by atoms with Gasteiger partial charge >= 0.3 is 6.01 Å². The highest BCUT2D eigenvalue weighted by Gasteiger charge is 2.08. The van der Waals surface area contributed by atoms with E-state index in [1.165, 1.54) is 0 Å². The number of nitrogen functional groups attached to an aromatic ring is 1. The number of para-hydroxylation sites is 2. The van der Waals surface area contributed by atoms with Gasteiger partial charge in [-0.05, 0) is 49.7 Å². The molecule has 0 spiro atoms. The van der Waals surface area contributed by atoms with Crippen LogP contribution in [0.15, 0.2) is 54.6 Å². The molecule has 0 saturated carbocycles. The molecule has 1 amide bonds. The van der Waals surface area contributed by atoms with Gasteiger partial charge in [0.1, 0.15) is 6.61 Å². The van der Waals surface area contributed by atoms with Crippen molar-refractivity contribution in [3.8, 4) is 6.01 Å². The van der Waals surface area contributed by atoms with Gasteiger partial charge in [0, 0.05) is 17.0 Å². The molecule has 2 aromatic carbocycles. The van der Waals surface area contributed by atoms with Gasteiger partial charge in [0.2, 0.25) is 0 Å². The number of aryl methyl sites for hydroxylation is 2. The van der Waals surface area contributed by atoms with Crippen molar-refractivity contribution in [1.82, 2.24) is 9.97 Å². The molecule has 0 bridgehead atoms. The number of nitrogens with one attached hydrogen (secondary N) is 1. The van der Waals surface area contributed by atoms with Crippen molar-refractivity contribution in [2.45, 2.75) is 20.5 Å². The molecular weight excluding hydrogens is 328 g/mol. The number of rotatable bonds is 5. The number of amides is 1. The lowest BCUT2D eigenvalue weighted by atomic mass is 10.1. The van der Waals surface area contributed by atoms with Crippen LogP contribution in [0.25, 0.3) is 0 Å². The summed E-state index contributed by atoms with van der Waals surface area (Å²) in [7, 11) is 0. The number of carbonyl (C=O) groups excluding carboxylic acids is 1. The summed E-state index contributed by atoms with van der Waals surface area (Å²) in [6, 6.07) is 16.6. The van der Waals surface area contributed by atoms with Crippen LogP contribution in [-0.4, -0.2) is 15.9 Å². The molecular formula is C20H20N4O2. The van der Waals surface area contributed by atoms with E-state index >= 15 is 0 Å². The van der Waals surface area contributed by atoms with Crippen molar-refractivity contribution >= 4 is 17.3 Å². The highest BCUT2D eigenvalue weighted by Crippen LogP contribution is 2.18. The zero-order chi connectivity index (χ0) is 18.5. The van der Waals surface area contributed by atoms with E-state index in [0.29, 0.717) is 29.6 Å². The van der Waals surface area contributed by atoms with Crippen LogP contribution in [0.4, 0.5) is 11.4 Å². The number of ether oxygens (including phenoxy) is 1. The van der Waals surface area contributed by atoms with Crippen LogP contribution in [0.1, 0.15) is 27.3 Å². The van der Waals surface area contributed by atoms with Crippen molar-refractivity contribution in [1.29, 1.82) is 0 Å². The standard InChI is InChI=1S/C20H20N4O2/c1-13-11-14(2)23-20(22-13)26-12-15-7-9-16(10-8-15)19(25)24-18-6-4-3-5-17(18)21/h3-11H,12,21H2,1-2H3,(H,24,25). The number of nitrogens with zero attached hydrogens (tertiary/aromatic N) is 2. The third-order valence-corrected chi connectivity index (χ3v) is 3.75. The van der Waals surface area contributed by atoms with Crippen LogP contribution in [0.2, 0.25) is 0 Å². The van der Waals surface area contributed by atoms with Gasteiger partial charge in [0.25, 0.3) is 5.91 Å². The summed E-state index contributed by atoms with van der Waals surface area (Å²) in [5.41, 5.74) is 10.1. The zero-order valence-electron chi connectivity index (χ0n) is 14.7. The van der Waals surface area contributed by atoms with Crippen molar-refractivity contribution in [2.75, 3.05) is 11.1 Å². The first-order valence-corrected chi connectivity index (χ1v) is 8.21. The molecule has 6 heteroatoms. The summed E-state index contributed by atoms with van der Waals surface area (Å²) in [5.74, 6) is -0.215. The van der Waals surface area contributed by atoms with Crippen LogP contribution in [0.5, 0.6) is 6.01 Å². The lowest BCUT2D eigenvalue weighted by Gasteiger charge is -2.09. The quantitative estimate of drug-likeness (QED) is 0.689. The van der Waals surface area contributed by atoms with E-state index in [1.807, 2.05) is 44.2 Å². The number of anilines is 2. The second-order valence-corrected chi connectivity index (χ2v) is 5.96. The van der Waals surface area contributed by atoms with E-state index in [2.05, 4.69) is 15.3 Å². The molecule has 1 aromatic heterocycles. The highest BCUT2D eigenvalue weighted by molar-refractivity contribution is 6.05. The third-order valence-electron chi connectivity index (χ3n) is 3.75. The maximum Gasteiger partial charge on any atom is 0.317 e.